The third-order valence-electron chi connectivity index (χ3n) is 5.46. The van der Waals surface area contributed by atoms with Crippen molar-refractivity contribution in [1.82, 2.24) is 14.5 Å². The van der Waals surface area contributed by atoms with Gasteiger partial charge in [0.25, 0.3) is 0 Å². The Morgan fingerprint density at radius 3 is 2.48 bits per heavy atom. The molecule has 1 fully saturated rings. The Hall–Kier alpha value is -3.85. The van der Waals surface area contributed by atoms with E-state index >= 15 is 0 Å². The van der Waals surface area contributed by atoms with Gasteiger partial charge in [-0.1, -0.05) is 12.1 Å². The summed E-state index contributed by atoms with van der Waals surface area (Å²) in [6.07, 6.45) is 6.68. The number of aromatic nitrogens is 3. The van der Waals surface area contributed by atoms with Crippen LogP contribution in [-0.2, 0) is 0 Å². The minimum atomic E-state index is 0.299. The summed E-state index contributed by atoms with van der Waals surface area (Å²) < 4.78 is 8.14. The average molecular weight is 381 g/mol. The molecule has 0 aliphatic heterocycles. The van der Waals surface area contributed by atoms with Crippen LogP contribution in [0.3, 0.4) is 0 Å². The van der Waals surface area contributed by atoms with E-state index in [-0.39, 0.29) is 0 Å². The molecule has 2 heterocycles. The average Bonchev–Trinajstić information content (AvgIpc) is 3.01. The summed E-state index contributed by atoms with van der Waals surface area (Å²) in [5, 5.41) is 10.9. The van der Waals surface area contributed by atoms with E-state index in [4.69, 9.17) is 10.5 Å². The molecule has 6 heteroatoms. The van der Waals surface area contributed by atoms with E-state index in [1.807, 2.05) is 42.5 Å². The quantitative estimate of drug-likeness (QED) is 0.499. The molecule has 2 aromatic carbocycles. The maximum Gasteiger partial charge on any atom is 0.321 e. The number of nitrogen functional groups attached to an aromatic ring is 1. The summed E-state index contributed by atoms with van der Waals surface area (Å²) >= 11 is 0. The van der Waals surface area contributed by atoms with Crippen molar-refractivity contribution < 1.29 is 4.74 Å². The van der Waals surface area contributed by atoms with E-state index in [0.717, 1.165) is 35.0 Å². The Kier molecular flexibility index (Phi) is 4.14. The monoisotopic (exact) mass is 381 g/mol. The number of benzene rings is 2. The van der Waals surface area contributed by atoms with Crippen LogP contribution in [0.1, 0.15) is 30.9 Å². The van der Waals surface area contributed by atoms with Crippen LogP contribution in [0.4, 0.5) is 5.69 Å². The van der Waals surface area contributed by atoms with Gasteiger partial charge in [-0.25, -0.2) is 9.97 Å². The fourth-order valence-electron chi connectivity index (χ4n) is 3.86. The molecule has 0 bridgehead atoms. The summed E-state index contributed by atoms with van der Waals surface area (Å²) in [5.41, 5.74) is 10.2. The van der Waals surface area contributed by atoms with E-state index in [1.165, 1.54) is 6.42 Å². The molecule has 0 spiro atoms. The lowest BCUT2D eigenvalue weighted by atomic mass is 9.92. The molecule has 1 aliphatic rings. The van der Waals surface area contributed by atoms with Gasteiger partial charge in [0.05, 0.1) is 16.8 Å². The Labute approximate surface area is 168 Å². The first-order valence-electron chi connectivity index (χ1n) is 9.63. The maximum absolute atomic E-state index is 9.98. The van der Waals surface area contributed by atoms with Crippen LogP contribution < -0.4 is 10.5 Å². The Morgan fingerprint density at radius 2 is 1.83 bits per heavy atom. The van der Waals surface area contributed by atoms with Gasteiger partial charge in [-0.05, 0) is 55.2 Å². The second-order valence-corrected chi connectivity index (χ2v) is 7.22. The standard InChI is InChI=1S/C23H19N5O/c24-14-20-19-10-9-18(29-23-26-11-2-12-27-23)13-21(19)28(17-3-1-4-17)22(20)15-5-7-16(25)8-6-15/h2,5-13,17H,1,3-4,25H2. The number of nitriles is 1. The van der Waals surface area contributed by atoms with E-state index in [1.54, 1.807) is 18.5 Å². The van der Waals surface area contributed by atoms with E-state index in [0.29, 0.717) is 29.1 Å². The molecule has 2 N–H and O–H groups in total. The lowest BCUT2D eigenvalue weighted by Gasteiger charge is -2.30. The lowest BCUT2D eigenvalue weighted by molar-refractivity contribution is 0.324. The van der Waals surface area contributed by atoms with Crippen LogP contribution in [0, 0.1) is 11.3 Å². The minimum Gasteiger partial charge on any atom is -0.424 e. The third-order valence-corrected chi connectivity index (χ3v) is 5.46. The van der Waals surface area contributed by atoms with Gasteiger partial charge < -0.3 is 15.0 Å². The molecule has 0 radical (unpaired) electrons. The van der Waals surface area contributed by atoms with Gasteiger partial charge in [0.15, 0.2) is 0 Å². The van der Waals surface area contributed by atoms with Gasteiger partial charge in [0.1, 0.15) is 11.8 Å². The third kappa shape index (κ3) is 2.97. The van der Waals surface area contributed by atoms with Crippen molar-refractivity contribution in [3.63, 3.8) is 0 Å². The molecular formula is C23H19N5O. The van der Waals surface area contributed by atoms with Gasteiger partial charge >= 0.3 is 6.01 Å². The molecule has 29 heavy (non-hydrogen) atoms. The molecular weight excluding hydrogens is 362 g/mol. The van der Waals surface area contributed by atoms with E-state index in [9.17, 15) is 5.26 Å². The zero-order valence-corrected chi connectivity index (χ0v) is 15.7. The van der Waals surface area contributed by atoms with Crippen LogP contribution in [0.5, 0.6) is 11.8 Å². The number of ether oxygens (including phenoxy) is 1. The van der Waals surface area contributed by atoms with Crippen LogP contribution in [-0.4, -0.2) is 14.5 Å². The molecule has 2 aromatic heterocycles. The summed E-state index contributed by atoms with van der Waals surface area (Å²) in [4.78, 5) is 8.26. The van der Waals surface area contributed by atoms with Gasteiger partial charge in [-0.3, -0.25) is 0 Å². The highest BCUT2D eigenvalue weighted by atomic mass is 16.5. The smallest absolute Gasteiger partial charge is 0.321 e. The van der Waals surface area contributed by atoms with Crippen molar-refractivity contribution in [1.29, 1.82) is 5.26 Å². The van der Waals surface area contributed by atoms with Gasteiger partial charge in [0.2, 0.25) is 0 Å². The SMILES string of the molecule is N#Cc1c(-c2ccc(N)cc2)n(C2CCC2)c2cc(Oc3ncccn3)ccc12. The van der Waals surface area contributed by atoms with Crippen LogP contribution in [0.25, 0.3) is 22.2 Å². The first-order valence-corrected chi connectivity index (χ1v) is 9.63. The molecule has 6 nitrogen and oxygen atoms in total. The fraction of sp³-hybridized carbons (Fsp3) is 0.174. The van der Waals surface area contributed by atoms with Crippen molar-refractivity contribution in [2.75, 3.05) is 5.73 Å². The van der Waals surface area contributed by atoms with Crippen LogP contribution in [0.2, 0.25) is 0 Å². The normalized spacial score (nSPS) is 13.8. The Morgan fingerprint density at radius 1 is 1.07 bits per heavy atom. The molecule has 0 saturated heterocycles. The number of hydrogen-bond acceptors (Lipinski definition) is 5. The summed E-state index contributed by atoms with van der Waals surface area (Å²) in [6, 6.07) is 18.3. The molecule has 0 atom stereocenters. The van der Waals surface area contributed by atoms with Gasteiger partial charge in [-0.2, -0.15) is 5.26 Å². The topological polar surface area (TPSA) is 89.8 Å². The van der Waals surface area contributed by atoms with Crippen molar-refractivity contribution in [2.45, 2.75) is 25.3 Å². The first kappa shape index (κ1) is 17.3. The zero-order chi connectivity index (χ0) is 19.8. The van der Waals surface area contributed by atoms with Crippen molar-refractivity contribution in [3.05, 3.63) is 66.5 Å². The molecule has 1 aliphatic carbocycles. The van der Waals surface area contributed by atoms with E-state index in [2.05, 4.69) is 20.6 Å². The van der Waals surface area contributed by atoms with E-state index < -0.39 is 0 Å². The van der Waals surface area contributed by atoms with Crippen LogP contribution in [0.15, 0.2) is 60.9 Å². The summed E-state index contributed by atoms with van der Waals surface area (Å²) in [5.74, 6) is 0.648. The number of nitrogens with two attached hydrogens (primary N) is 1. The Bertz CT molecular complexity index is 1220. The number of anilines is 1. The van der Waals surface area contributed by atoms with Crippen molar-refractivity contribution in [3.8, 4) is 29.1 Å². The number of rotatable bonds is 4. The molecule has 1 saturated carbocycles. The number of nitrogens with zero attached hydrogens (tertiary/aromatic N) is 4. The molecule has 5 rings (SSSR count). The summed E-state index contributed by atoms with van der Waals surface area (Å²) in [6.45, 7) is 0. The second kappa shape index (κ2) is 6.95. The second-order valence-electron chi connectivity index (χ2n) is 7.22. The van der Waals surface area contributed by atoms with Crippen LogP contribution >= 0.6 is 0 Å². The largest absolute Gasteiger partial charge is 0.424 e. The Balaban J connectivity index is 1.71. The first-order chi connectivity index (χ1) is 14.2. The molecule has 0 amide bonds. The predicted molar refractivity (Wildman–Crippen MR) is 111 cm³/mol. The van der Waals surface area contributed by atoms with Crippen molar-refractivity contribution >= 4 is 16.6 Å². The maximum atomic E-state index is 9.98. The number of fused-ring (bicyclic) bond motifs is 1. The summed E-state index contributed by atoms with van der Waals surface area (Å²) in [7, 11) is 0. The predicted octanol–water partition coefficient (Wildman–Crippen LogP) is 5.07. The molecule has 142 valence electrons. The van der Waals surface area contributed by atoms with Gasteiger partial charge in [-0.15, -0.1) is 0 Å². The van der Waals surface area contributed by atoms with Gasteiger partial charge in [0, 0.05) is 35.6 Å². The fourth-order valence-corrected chi connectivity index (χ4v) is 3.86. The highest BCUT2D eigenvalue weighted by Crippen LogP contribution is 2.43. The highest BCUT2D eigenvalue weighted by molar-refractivity contribution is 5.95. The highest BCUT2D eigenvalue weighted by Gasteiger charge is 2.28. The van der Waals surface area contributed by atoms with Crippen molar-refractivity contribution in [2.24, 2.45) is 0 Å². The lowest BCUT2D eigenvalue weighted by Crippen LogP contribution is -2.17. The zero-order valence-electron chi connectivity index (χ0n) is 15.7. The number of hydrogen-bond donors (Lipinski definition) is 1. The molecule has 0 unspecified atom stereocenters. The molecule has 4 aromatic rings. The minimum absolute atomic E-state index is 0.299.